The van der Waals surface area contributed by atoms with Crippen molar-refractivity contribution in [2.24, 2.45) is 5.16 Å². The van der Waals surface area contributed by atoms with Crippen LogP contribution < -0.4 is 0 Å². The lowest BCUT2D eigenvalue weighted by Crippen LogP contribution is -2.03. The van der Waals surface area contributed by atoms with Gasteiger partial charge in [-0.15, -0.1) is 0 Å². The van der Waals surface area contributed by atoms with Gasteiger partial charge in [-0.25, -0.2) is 4.39 Å². The fourth-order valence-electron chi connectivity index (χ4n) is 1.51. The Labute approximate surface area is 97.5 Å². The predicted octanol–water partition coefficient (Wildman–Crippen LogP) is 2.76. The van der Waals surface area contributed by atoms with Crippen LogP contribution in [0.15, 0.2) is 53.7 Å². The van der Waals surface area contributed by atoms with Crippen LogP contribution in [0.3, 0.4) is 0 Å². The van der Waals surface area contributed by atoms with Crippen molar-refractivity contribution in [3.8, 4) is 5.75 Å². The maximum atomic E-state index is 12.8. The van der Waals surface area contributed by atoms with Gasteiger partial charge in [-0.1, -0.05) is 5.16 Å². The minimum Gasteiger partial charge on any atom is -0.508 e. The highest BCUT2D eigenvalue weighted by Crippen LogP contribution is 2.15. The fourth-order valence-corrected chi connectivity index (χ4v) is 1.51. The van der Waals surface area contributed by atoms with Crippen molar-refractivity contribution >= 4 is 5.71 Å². The molecule has 0 radical (unpaired) electrons. The molecular weight excluding hydrogens is 221 g/mol. The minimum atomic E-state index is -0.350. The second kappa shape index (κ2) is 4.65. The molecule has 2 aromatic carbocycles. The van der Waals surface area contributed by atoms with Gasteiger partial charge in [0.2, 0.25) is 0 Å². The maximum absolute atomic E-state index is 12.8. The number of benzene rings is 2. The molecule has 0 saturated carbocycles. The van der Waals surface area contributed by atoms with E-state index >= 15 is 0 Å². The van der Waals surface area contributed by atoms with Crippen LogP contribution in [-0.2, 0) is 0 Å². The highest BCUT2D eigenvalue weighted by Gasteiger charge is 2.07. The number of nitrogens with zero attached hydrogens (tertiary/aromatic N) is 1. The van der Waals surface area contributed by atoms with Gasteiger partial charge >= 0.3 is 0 Å². The van der Waals surface area contributed by atoms with E-state index in [1.54, 1.807) is 12.1 Å². The highest BCUT2D eigenvalue weighted by molar-refractivity contribution is 6.12. The SMILES string of the molecule is O/N=C(/c1ccc(O)cc1)c1ccc(F)cc1. The molecule has 2 N–H and O–H groups in total. The van der Waals surface area contributed by atoms with Crippen LogP contribution in [-0.4, -0.2) is 16.0 Å². The Morgan fingerprint density at radius 2 is 1.35 bits per heavy atom. The second-order valence-corrected chi connectivity index (χ2v) is 3.50. The predicted molar refractivity (Wildman–Crippen MR) is 61.9 cm³/mol. The molecule has 0 aliphatic rings. The maximum Gasteiger partial charge on any atom is 0.123 e. The zero-order chi connectivity index (χ0) is 12.3. The Bertz CT molecular complexity index is 485. The Morgan fingerprint density at radius 1 is 0.882 bits per heavy atom. The van der Waals surface area contributed by atoms with Crippen LogP contribution in [0.4, 0.5) is 4.39 Å². The Morgan fingerprint density at radius 3 is 1.82 bits per heavy atom. The molecular formula is C13H10FNO2. The van der Waals surface area contributed by atoms with Gasteiger partial charge in [0.15, 0.2) is 0 Å². The first-order valence-corrected chi connectivity index (χ1v) is 4.98. The van der Waals surface area contributed by atoms with E-state index in [2.05, 4.69) is 5.16 Å². The molecule has 4 heteroatoms. The molecule has 0 fully saturated rings. The molecule has 0 amide bonds. The van der Waals surface area contributed by atoms with E-state index in [9.17, 15) is 4.39 Å². The van der Waals surface area contributed by atoms with Crippen molar-refractivity contribution in [1.82, 2.24) is 0 Å². The van der Waals surface area contributed by atoms with E-state index < -0.39 is 0 Å². The van der Waals surface area contributed by atoms with Gasteiger partial charge in [-0.05, 0) is 48.5 Å². The van der Waals surface area contributed by atoms with Gasteiger partial charge in [-0.2, -0.15) is 0 Å². The molecule has 2 aromatic rings. The largest absolute Gasteiger partial charge is 0.508 e. The molecule has 3 nitrogen and oxygen atoms in total. The van der Waals surface area contributed by atoms with Gasteiger partial charge in [0.25, 0.3) is 0 Å². The molecule has 0 saturated heterocycles. The third kappa shape index (κ3) is 2.42. The minimum absolute atomic E-state index is 0.130. The molecule has 0 aromatic heterocycles. The highest BCUT2D eigenvalue weighted by atomic mass is 19.1. The Kier molecular flexibility index (Phi) is 3.05. The van der Waals surface area contributed by atoms with Crippen molar-refractivity contribution in [3.63, 3.8) is 0 Å². The summed E-state index contributed by atoms with van der Waals surface area (Å²) in [4.78, 5) is 0. The van der Waals surface area contributed by atoms with E-state index in [0.717, 1.165) is 0 Å². The molecule has 0 heterocycles. The summed E-state index contributed by atoms with van der Waals surface area (Å²) >= 11 is 0. The second-order valence-electron chi connectivity index (χ2n) is 3.50. The number of oxime groups is 1. The Hall–Kier alpha value is -2.36. The van der Waals surface area contributed by atoms with Crippen molar-refractivity contribution in [1.29, 1.82) is 0 Å². The lowest BCUT2D eigenvalue weighted by Gasteiger charge is -2.04. The Balaban J connectivity index is 2.41. The van der Waals surface area contributed by atoms with Gasteiger partial charge in [0.1, 0.15) is 17.3 Å². The van der Waals surface area contributed by atoms with Crippen LogP contribution in [0.5, 0.6) is 5.75 Å². The number of hydrogen-bond donors (Lipinski definition) is 2. The molecule has 0 atom stereocenters. The summed E-state index contributed by atoms with van der Waals surface area (Å²) in [6, 6.07) is 11.9. The lowest BCUT2D eigenvalue weighted by atomic mass is 10.0. The van der Waals surface area contributed by atoms with E-state index in [0.29, 0.717) is 16.8 Å². The number of phenolic OH excluding ortho intramolecular Hbond substituents is 1. The average molecular weight is 231 g/mol. The van der Waals surface area contributed by atoms with E-state index in [4.69, 9.17) is 10.3 Å². The van der Waals surface area contributed by atoms with Gasteiger partial charge in [-0.3, -0.25) is 0 Å². The quantitative estimate of drug-likeness (QED) is 0.474. The first-order chi connectivity index (χ1) is 8.20. The molecule has 2 rings (SSSR count). The molecule has 17 heavy (non-hydrogen) atoms. The fraction of sp³-hybridized carbons (Fsp3) is 0. The van der Waals surface area contributed by atoms with Gasteiger partial charge in [0.05, 0.1) is 0 Å². The number of phenols is 1. The molecule has 0 aliphatic carbocycles. The van der Waals surface area contributed by atoms with Crippen LogP contribution >= 0.6 is 0 Å². The average Bonchev–Trinajstić information content (AvgIpc) is 2.35. The van der Waals surface area contributed by atoms with Crippen molar-refractivity contribution < 1.29 is 14.7 Å². The van der Waals surface area contributed by atoms with Crippen LogP contribution in [0, 0.1) is 5.82 Å². The summed E-state index contributed by atoms with van der Waals surface area (Å²) in [6.45, 7) is 0. The summed E-state index contributed by atoms with van der Waals surface area (Å²) in [5.74, 6) is -0.220. The monoisotopic (exact) mass is 231 g/mol. The molecule has 0 bridgehead atoms. The third-order valence-electron chi connectivity index (χ3n) is 2.36. The van der Waals surface area contributed by atoms with Crippen molar-refractivity contribution in [3.05, 3.63) is 65.5 Å². The molecule has 0 unspecified atom stereocenters. The summed E-state index contributed by atoms with van der Waals surface area (Å²) in [5, 5.41) is 21.4. The van der Waals surface area contributed by atoms with E-state index in [-0.39, 0.29) is 11.6 Å². The first kappa shape index (κ1) is 11.1. The van der Waals surface area contributed by atoms with Crippen molar-refractivity contribution in [2.45, 2.75) is 0 Å². The van der Waals surface area contributed by atoms with E-state index in [1.165, 1.54) is 36.4 Å². The van der Waals surface area contributed by atoms with E-state index in [1.807, 2.05) is 0 Å². The lowest BCUT2D eigenvalue weighted by molar-refractivity contribution is 0.319. The van der Waals surface area contributed by atoms with Crippen LogP contribution in [0.25, 0.3) is 0 Å². The number of aromatic hydroxyl groups is 1. The molecule has 0 spiro atoms. The standard InChI is InChI=1S/C13H10FNO2/c14-11-5-1-9(2-6-11)13(15-17)10-3-7-12(16)8-4-10/h1-8,16-17H/b15-13+. The molecule has 0 aliphatic heterocycles. The first-order valence-electron chi connectivity index (χ1n) is 4.98. The third-order valence-corrected chi connectivity index (χ3v) is 2.36. The van der Waals surface area contributed by atoms with Crippen LogP contribution in [0.1, 0.15) is 11.1 Å². The molecule has 86 valence electrons. The normalized spacial score (nSPS) is 11.5. The number of hydrogen-bond acceptors (Lipinski definition) is 3. The van der Waals surface area contributed by atoms with Gasteiger partial charge in [0, 0.05) is 11.1 Å². The van der Waals surface area contributed by atoms with Gasteiger partial charge < -0.3 is 10.3 Å². The van der Waals surface area contributed by atoms with Crippen LogP contribution in [0.2, 0.25) is 0 Å². The number of rotatable bonds is 2. The zero-order valence-electron chi connectivity index (χ0n) is 8.84. The topological polar surface area (TPSA) is 52.8 Å². The zero-order valence-corrected chi connectivity index (χ0v) is 8.84. The smallest absolute Gasteiger partial charge is 0.123 e. The number of halogens is 1. The summed E-state index contributed by atoms with van der Waals surface area (Å²) < 4.78 is 12.8. The summed E-state index contributed by atoms with van der Waals surface area (Å²) in [6.07, 6.45) is 0. The van der Waals surface area contributed by atoms with Crippen molar-refractivity contribution in [2.75, 3.05) is 0 Å². The summed E-state index contributed by atoms with van der Waals surface area (Å²) in [7, 11) is 0. The summed E-state index contributed by atoms with van der Waals surface area (Å²) in [5.41, 5.74) is 1.56.